The Kier molecular flexibility index (Phi) is 4.56. The number of nitrogens with zero attached hydrogens (tertiary/aromatic N) is 3. The van der Waals surface area contributed by atoms with E-state index in [1.165, 1.54) is 0 Å². The molecule has 2 aromatic heterocycles. The molecule has 0 spiro atoms. The summed E-state index contributed by atoms with van der Waals surface area (Å²) in [6.07, 6.45) is 1.82. The second-order valence-corrected chi connectivity index (χ2v) is 6.44. The van der Waals surface area contributed by atoms with E-state index in [4.69, 9.17) is 0 Å². The van der Waals surface area contributed by atoms with E-state index in [1.54, 1.807) is 17.0 Å². The number of carbonyl (C=O) groups excluding carboxylic acids is 1. The summed E-state index contributed by atoms with van der Waals surface area (Å²) in [6, 6.07) is 3.59. The molecule has 0 aliphatic rings. The smallest absolute Gasteiger partial charge is 0.254 e. The summed E-state index contributed by atoms with van der Waals surface area (Å²) in [5.74, 6) is 0.0124. The Morgan fingerprint density at radius 2 is 1.95 bits per heavy atom. The van der Waals surface area contributed by atoms with Crippen molar-refractivity contribution in [3.8, 4) is 0 Å². The van der Waals surface area contributed by atoms with Crippen LogP contribution in [0, 0.1) is 0 Å². The first-order valence-corrected chi connectivity index (χ1v) is 7.75. The molecule has 0 fully saturated rings. The van der Waals surface area contributed by atoms with Gasteiger partial charge in [0.15, 0.2) is 0 Å². The minimum absolute atomic E-state index is 0.0124. The van der Waals surface area contributed by atoms with Crippen molar-refractivity contribution in [2.24, 2.45) is 0 Å². The molecule has 0 bridgehead atoms. The van der Waals surface area contributed by atoms with E-state index in [0.717, 1.165) is 11.4 Å². The molecular formula is C17H25N3O2. The number of fused-ring (bicyclic) bond motifs is 1. The highest BCUT2D eigenvalue weighted by molar-refractivity contribution is 5.95. The molecule has 1 amide bonds. The van der Waals surface area contributed by atoms with Gasteiger partial charge in [-0.1, -0.05) is 20.8 Å². The minimum Gasteiger partial charge on any atom is -0.390 e. The Morgan fingerprint density at radius 1 is 1.32 bits per heavy atom. The van der Waals surface area contributed by atoms with E-state index in [-0.39, 0.29) is 17.9 Å². The third-order valence-electron chi connectivity index (χ3n) is 3.88. The third-order valence-corrected chi connectivity index (χ3v) is 3.88. The molecule has 5 nitrogen and oxygen atoms in total. The van der Waals surface area contributed by atoms with E-state index in [1.807, 2.05) is 24.4 Å². The van der Waals surface area contributed by atoms with Gasteiger partial charge in [-0.2, -0.15) is 0 Å². The molecule has 0 aliphatic heterocycles. The van der Waals surface area contributed by atoms with Crippen LogP contribution in [0.4, 0.5) is 0 Å². The molecule has 120 valence electrons. The van der Waals surface area contributed by atoms with Gasteiger partial charge < -0.3 is 14.4 Å². The monoisotopic (exact) mass is 303 g/mol. The van der Waals surface area contributed by atoms with Gasteiger partial charge in [-0.05, 0) is 26.0 Å². The predicted octanol–water partition coefficient (Wildman–Crippen LogP) is 2.61. The maximum absolute atomic E-state index is 12.4. The van der Waals surface area contributed by atoms with Gasteiger partial charge in [0.1, 0.15) is 5.65 Å². The average molecular weight is 303 g/mol. The zero-order chi connectivity index (χ0) is 16.5. The van der Waals surface area contributed by atoms with Crippen LogP contribution in [0.3, 0.4) is 0 Å². The number of amides is 1. The van der Waals surface area contributed by atoms with E-state index in [0.29, 0.717) is 24.3 Å². The normalized spacial score (nSPS) is 11.9. The summed E-state index contributed by atoms with van der Waals surface area (Å²) in [5, 5.41) is 9.68. The van der Waals surface area contributed by atoms with Gasteiger partial charge in [-0.3, -0.25) is 4.79 Å². The van der Waals surface area contributed by atoms with Gasteiger partial charge in [-0.15, -0.1) is 0 Å². The van der Waals surface area contributed by atoms with E-state index >= 15 is 0 Å². The van der Waals surface area contributed by atoms with Crippen LogP contribution in [0.15, 0.2) is 18.3 Å². The topological polar surface area (TPSA) is 57.8 Å². The van der Waals surface area contributed by atoms with Crippen molar-refractivity contribution in [2.45, 2.75) is 46.6 Å². The van der Waals surface area contributed by atoms with Crippen molar-refractivity contribution in [2.75, 3.05) is 13.1 Å². The molecule has 2 aromatic rings. The second kappa shape index (κ2) is 6.08. The fourth-order valence-corrected chi connectivity index (χ4v) is 2.67. The SMILES string of the molecule is CCN(CC)C(=O)c1ccn2c(CO)c(C(C)(C)C)nc2c1. The molecule has 5 heteroatoms. The summed E-state index contributed by atoms with van der Waals surface area (Å²) in [4.78, 5) is 18.9. The van der Waals surface area contributed by atoms with Gasteiger partial charge in [0.25, 0.3) is 5.91 Å². The van der Waals surface area contributed by atoms with Gasteiger partial charge in [0.05, 0.1) is 18.0 Å². The molecule has 2 rings (SSSR count). The first-order chi connectivity index (χ1) is 10.3. The van der Waals surface area contributed by atoms with Crippen LogP contribution in [0.2, 0.25) is 0 Å². The molecular weight excluding hydrogens is 278 g/mol. The summed E-state index contributed by atoms with van der Waals surface area (Å²) in [7, 11) is 0. The van der Waals surface area contributed by atoms with Gasteiger partial charge in [-0.25, -0.2) is 4.98 Å². The van der Waals surface area contributed by atoms with Crippen molar-refractivity contribution in [1.82, 2.24) is 14.3 Å². The maximum atomic E-state index is 12.4. The highest BCUT2D eigenvalue weighted by Gasteiger charge is 2.24. The standard InChI is InChI=1S/C17H25N3O2/c1-6-19(7-2)16(22)12-8-9-20-13(11-21)15(17(3,4)5)18-14(20)10-12/h8-10,21H,6-7,11H2,1-5H3. The average Bonchev–Trinajstić information content (AvgIpc) is 2.86. The highest BCUT2D eigenvalue weighted by atomic mass is 16.3. The molecule has 22 heavy (non-hydrogen) atoms. The largest absolute Gasteiger partial charge is 0.390 e. The molecule has 0 saturated carbocycles. The number of rotatable bonds is 4. The van der Waals surface area contributed by atoms with Crippen molar-refractivity contribution in [3.63, 3.8) is 0 Å². The van der Waals surface area contributed by atoms with Crippen LogP contribution < -0.4 is 0 Å². The number of aliphatic hydroxyl groups excluding tert-OH is 1. The molecule has 0 aliphatic carbocycles. The molecule has 0 saturated heterocycles. The molecule has 2 heterocycles. The van der Waals surface area contributed by atoms with E-state index in [9.17, 15) is 9.90 Å². The molecule has 0 unspecified atom stereocenters. The number of pyridine rings is 1. The van der Waals surface area contributed by atoms with Crippen molar-refractivity contribution < 1.29 is 9.90 Å². The van der Waals surface area contributed by atoms with Crippen LogP contribution in [-0.2, 0) is 12.0 Å². The second-order valence-electron chi connectivity index (χ2n) is 6.44. The van der Waals surface area contributed by atoms with Crippen LogP contribution in [0.25, 0.3) is 5.65 Å². The molecule has 0 aromatic carbocycles. The van der Waals surface area contributed by atoms with Crippen LogP contribution in [0.1, 0.15) is 56.4 Å². The fourth-order valence-electron chi connectivity index (χ4n) is 2.67. The zero-order valence-corrected chi connectivity index (χ0v) is 14.1. The van der Waals surface area contributed by atoms with Crippen molar-refractivity contribution in [3.05, 3.63) is 35.3 Å². The number of carbonyl (C=O) groups is 1. The number of aliphatic hydroxyl groups is 1. The Hall–Kier alpha value is -1.88. The Labute approximate surface area is 131 Å². The Balaban J connectivity index is 2.54. The van der Waals surface area contributed by atoms with E-state index in [2.05, 4.69) is 25.8 Å². The lowest BCUT2D eigenvalue weighted by Gasteiger charge is -2.18. The third kappa shape index (κ3) is 2.86. The lowest BCUT2D eigenvalue weighted by molar-refractivity contribution is 0.0773. The first kappa shape index (κ1) is 16.5. The van der Waals surface area contributed by atoms with Crippen LogP contribution in [0.5, 0.6) is 0 Å². The summed E-state index contributed by atoms with van der Waals surface area (Å²) in [5.41, 5.74) is 2.82. The predicted molar refractivity (Wildman–Crippen MR) is 87.1 cm³/mol. The summed E-state index contributed by atoms with van der Waals surface area (Å²) >= 11 is 0. The highest BCUT2D eigenvalue weighted by Crippen LogP contribution is 2.26. The molecule has 1 N–H and O–H groups in total. The summed E-state index contributed by atoms with van der Waals surface area (Å²) in [6.45, 7) is 11.4. The van der Waals surface area contributed by atoms with Gasteiger partial charge >= 0.3 is 0 Å². The zero-order valence-electron chi connectivity index (χ0n) is 14.1. The number of aromatic nitrogens is 2. The maximum Gasteiger partial charge on any atom is 0.254 e. The number of hydrogen-bond acceptors (Lipinski definition) is 3. The van der Waals surface area contributed by atoms with Crippen molar-refractivity contribution in [1.29, 1.82) is 0 Å². The minimum atomic E-state index is -0.160. The van der Waals surface area contributed by atoms with Crippen LogP contribution >= 0.6 is 0 Å². The number of imidazole rings is 1. The summed E-state index contributed by atoms with van der Waals surface area (Å²) < 4.78 is 1.86. The Morgan fingerprint density at radius 3 is 2.45 bits per heavy atom. The fraction of sp³-hybridized carbons (Fsp3) is 0.529. The first-order valence-electron chi connectivity index (χ1n) is 7.75. The quantitative estimate of drug-likeness (QED) is 0.944. The molecule has 0 radical (unpaired) electrons. The van der Waals surface area contributed by atoms with E-state index < -0.39 is 0 Å². The van der Waals surface area contributed by atoms with Gasteiger partial charge in [0, 0.05) is 30.3 Å². The lowest BCUT2D eigenvalue weighted by Crippen LogP contribution is -2.30. The number of hydrogen-bond donors (Lipinski definition) is 1. The Bertz CT molecular complexity index is 679. The van der Waals surface area contributed by atoms with Gasteiger partial charge in [0.2, 0.25) is 0 Å². The van der Waals surface area contributed by atoms with Crippen LogP contribution in [-0.4, -0.2) is 38.4 Å². The lowest BCUT2D eigenvalue weighted by atomic mass is 9.91. The van der Waals surface area contributed by atoms with Crippen molar-refractivity contribution >= 4 is 11.6 Å². The molecule has 0 atom stereocenters.